The average molecular weight is 412 g/mol. The van der Waals surface area contributed by atoms with Crippen LogP contribution < -0.4 is 4.74 Å². The van der Waals surface area contributed by atoms with E-state index >= 15 is 0 Å². The normalized spacial score (nSPS) is 15.1. The van der Waals surface area contributed by atoms with Crippen molar-refractivity contribution in [2.24, 2.45) is 0 Å². The van der Waals surface area contributed by atoms with Crippen molar-refractivity contribution in [3.05, 3.63) is 87.3 Å². The summed E-state index contributed by atoms with van der Waals surface area (Å²) >= 11 is 6.50. The lowest BCUT2D eigenvalue weighted by Crippen LogP contribution is -2.27. The summed E-state index contributed by atoms with van der Waals surface area (Å²) in [6.07, 6.45) is 3.42. The summed E-state index contributed by atoms with van der Waals surface area (Å²) in [4.78, 5) is 24.7. The number of hydrogen-bond donors (Lipinski definition) is 0. The molecule has 2 aromatic carbocycles. The highest BCUT2D eigenvalue weighted by Crippen LogP contribution is 2.32. The number of nitrogens with zero attached hydrogens (tertiary/aromatic N) is 2. The van der Waals surface area contributed by atoms with Gasteiger partial charge < -0.3 is 4.74 Å². The lowest BCUT2D eigenvalue weighted by atomic mass is 10.2. The van der Waals surface area contributed by atoms with Crippen LogP contribution in [0.4, 0.5) is 5.69 Å². The molecule has 1 aliphatic heterocycles. The third kappa shape index (κ3) is 4.65. The summed E-state index contributed by atoms with van der Waals surface area (Å²) in [6.45, 7) is 4.31. The molecular formula is C20H16N2O4S2. The molecule has 2 aromatic rings. The molecule has 0 N–H and O–H groups in total. The van der Waals surface area contributed by atoms with Gasteiger partial charge in [-0.25, -0.2) is 0 Å². The van der Waals surface area contributed by atoms with Gasteiger partial charge in [-0.1, -0.05) is 42.2 Å². The van der Waals surface area contributed by atoms with E-state index in [4.69, 9.17) is 17.0 Å². The molecule has 1 saturated heterocycles. The zero-order chi connectivity index (χ0) is 20.1. The largest absolute Gasteiger partial charge is 0.489 e. The number of nitro groups is 1. The number of carbonyl (C=O) groups excluding carboxylic acids is 1. The van der Waals surface area contributed by atoms with Crippen molar-refractivity contribution in [2.45, 2.75) is 6.61 Å². The second kappa shape index (κ2) is 8.81. The molecule has 142 valence electrons. The minimum Gasteiger partial charge on any atom is -0.489 e. The minimum absolute atomic E-state index is 0.0412. The van der Waals surface area contributed by atoms with Gasteiger partial charge in [0.1, 0.15) is 16.7 Å². The number of ether oxygens (including phenoxy) is 1. The standard InChI is InChI=1S/C20H16N2O4S2/c1-2-10-21-19(23)18(28-20(21)27)12-15-4-3-5-17(11-15)26-13-14-6-8-16(9-7-14)22(24)25/h2-9,11-12H,1,10,13H2/b18-12-. The zero-order valence-electron chi connectivity index (χ0n) is 14.7. The number of hydrogen-bond acceptors (Lipinski definition) is 6. The van der Waals surface area contributed by atoms with Gasteiger partial charge in [-0.15, -0.1) is 6.58 Å². The molecular weight excluding hydrogens is 396 g/mol. The number of thiocarbonyl (C=S) groups is 1. The van der Waals surface area contributed by atoms with E-state index in [1.165, 1.54) is 28.8 Å². The van der Waals surface area contributed by atoms with Crippen molar-refractivity contribution < 1.29 is 14.5 Å². The van der Waals surface area contributed by atoms with Gasteiger partial charge in [-0.2, -0.15) is 0 Å². The zero-order valence-corrected chi connectivity index (χ0v) is 16.4. The first-order valence-electron chi connectivity index (χ1n) is 8.30. The fourth-order valence-electron chi connectivity index (χ4n) is 2.51. The van der Waals surface area contributed by atoms with E-state index in [0.29, 0.717) is 21.5 Å². The Labute approximate surface area is 171 Å². The Morgan fingerprint density at radius 3 is 2.68 bits per heavy atom. The van der Waals surface area contributed by atoms with Crippen LogP contribution in [-0.4, -0.2) is 26.6 Å². The van der Waals surface area contributed by atoms with Crippen LogP contribution in [0.1, 0.15) is 11.1 Å². The van der Waals surface area contributed by atoms with Gasteiger partial charge in [-0.05, 0) is 41.5 Å². The number of carbonyl (C=O) groups is 1. The van der Waals surface area contributed by atoms with Crippen LogP contribution in [0.3, 0.4) is 0 Å². The van der Waals surface area contributed by atoms with Crippen molar-refractivity contribution in [1.82, 2.24) is 4.90 Å². The number of non-ortho nitro benzene ring substituents is 1. The molecule has 0 aliphatic carbocycles. The van der Waals surface area contributed by atoms with Crippen LogP contribution in [0.2, 0.25) is 0 Å². The molecule has 0 bridgehead atoms. The summed E-state index contributed by atoms with van der Waals surface area (Å²) in [6, 6.07) is 13.6. The highest BCUT2D eigenvalue weighted by molar-refractivity contribution is 8.26. The number of rotatable bonds is 7. The molecule has 1 heterocycles. The Morgan fingerprint density at radius 1 is 1.25 bits per heavy atom. The van der Waals surface area contributed by atoms with E-state index in [1.54, 1.807) is 24.3 Å². The van der Waals surface area contributed by atoms with Crippen LogP contribution in [-0.2, 0) is 11.4 Å². The number of benzene rings is 2. The molecule has 0 spiro atoms. The highest BCUT2D eigenvalue weighted by Gasteiger charge is 2.30. The highest BCUT2D eigenvalue weighted by atomic mass is 32.2. The van der Waals surface area contributed by atoms with Crippen LogP contribution >= 0.6 is 24.0 Å². The van der Waals surface area contributed by atoms with Crippen LogP contribution in [0, 0.1) is 10.1 Å². The van der Waals surface area contributed by atoms with Crippen LogP contribution in [0.25, 0.3) is 6.08 Å². The predicted molar refractivity (Wildman–Crippen MR) is 114 cm³/mol. The first-order chi connectivity index (χ1) is 13.5. The molecule has 1 fully saturated rings. The number of amides is 1. The smallest absolute Gasteiger partial charge is 0.269 e. The van der Waals surface area contributed by atoms with Crippen molar-refractivity contribution in [1.29, 1.82) is 0 Å². The fraction of sp³-hybridized carbons (Fsp3) is 0.100. The molecule has 0 unspecified atom stereocenters. The van der Waals surface area contributed by atoms with Crippen molar-refractivity contribution >= 4 is 46.0 Å². The molecule has 6 nitrogen and oxygen atoms in total. The van der Waals surface area contributed by atoms with E-state index in [1.807, 2.05) is 24.3 Å². The van der Waals surface area contributed by atoms with Gasteiger partial charge in [0.05, 0.1) is 9.83 Å². The monoisotopic (exact) mass is 412 g/mol. The van der Waals surface area contributed by atoms with E-state index in [9.17, 15) is 14.9 Å². The molecule has 8 heteroatoms. The minimum atomic E-state index is -0.439. The van der Waals surface area contributed by atoms with Crippen molar-refractivity contribution in [3.63, 3.8) is 0 Å². The lowest BCUT2D eigenvalue weighted by Gasteiger charge is -2.10. The van der Waals surface area contributed by atoms with E-state index in [0.717, 1.165) is 11.1 Å². The van der Waals surface area contributed by atoms with Crippen molar-refractivity contribution in [3.8, 4) is 5.75 Å². The van der Waals surface area contributed by atoms with Gasteiger partial charge in [0.2, 0.25) is 0 Å². The Morgan fingerprint density at radius 2 is 2.00 bits per heavy atom. The summed E-state index contributed by atoms with van der Waals surface area (Å²) in [5.74, 6) is 0.501. The number of thioether (sulfide) groups is 1. The third-order valence-electron chi connectivity index (χ3n) is 3.89. The topological polar surface area (TPSA) is 72.7 Å². The Bertz CT molecular complexity index is 970. The van der Waals surface area contributed by atoms with E-state index in [-0.39, 0.29) is 18.2 Å². The summed E-state index contributed by atoms with van der Waals surface area (Å²) < 4.78 is 6.28. The maximum absolute atomic E-state index is 12.4. The Hall–Kier alpha value is -2.97. The molecule has 0 atom stereocenters. The van der Waals surface area contributed by atoms with Gasteiger partial charge in [0.15, 0.2) is 0 Å². The number of nitro benzene ring substituents is 1. The first-order valence-corrected chi connectivity index (χ1v) is 9.53. The van der Waals surface area contributed by atoms with Crippen LogP contribution in [0.15, 0.2) is 66.1 Å². The maximum atomic E-state index is 12.4. The maximum Gasteiger partial charge on any atom is 0.269 e. The van der Waals surface area contributed by atoms with Gasteiger partial charge in [-0.3, -0.25) is 19.8 Å². The second-order valence-corrected chi connectivity index (χ2v) is 7.54. The van der Waals surface area contributed by atoms with E-state index in [2.05, 4.69) is 6.58 Å². The molecule has 28 heavy (non-hydrogen) atoms. The Kier molecular flexibility index (Phi) is 6.23. The second-order valence-electron chi connectivity index (χ2n) is 5.87. The SMILES string of the molecule is C=CCN1C(=O)/C(=C/c2cccc(OCc3ccc([N+](=O)[O-])cc3)c2)SC1=S. The summed E-state index contributed by atoms with van der Waals surface area (Å²) in [5.41, 5.74) is 1.68. The molecule has 1 amide bonds. The lowest BCUT2D eigenvalue weighted by molar-refractivity contribution is -0.384. The molecule has 0 saturated carbocycles. The first kappa shape index (κ1) is 19.8. The summed E-state index contributed by atoms with van der Waals surface area (Å²) in [5, 5.41) is 10.7. The van der Waals surface area contributed by atoms with Crippen molar-refractivity contribution in [2.75, 3.05) is 6.54 Å². The molecule has 0 radical (unpaired) electrons. The van der Waals surface area contributed by atoms with Gasteiger partial charge >= 0.3 is 0 Å². The molecule has 3 rings (SSSR count). The average Bonchev–Trinajstić information content (AvgIpc) is 2.95. The fourth-order valence-corrected chi connectivity index (χ4v) is 3.79. The van der Waals surface area contributed by atoms with E-state index < -0.39 is 4.92 Å². The Balaban J connectivity index is 1.69. The predicted octanol–water partition coefficient (Wildman–Crippen LogP) is 4.56. The molecule has 0 aromatic heterocycles. The van der Waals surface area contributed by atoms with Crippen LogP contribution in [0.5, 0.6) is 5.75 Å². The summed E-state index contributed by atoms with van der Waals surface area (Å²) in [7, 11) is 0. The third-order valence-corrected chi connectivity index (χ3v) is 5.27. The van der Waals surface area contributed by atoms with Gasteiger partial charge in [0.25, 0.3) is 11.6 Å². The molecule has 1 aliphatic rings. The quantitative estimate of drug-likeness (QED) is 0.218. The van der Waals surface area contributed by atoms with Gasteiger partial charge in [0, 0.05) is 18.7 Å².